The highest BCUT2D eigenvalue weighted by Crippen LogP contribution is 2.17. The summed E-state index contributed by atoms with van der Waals surface area (Å²) in [6.45, 7) is 0.424. The first-order chi connectivity index (χ1) is 9.32. The Labute approximate surface area is 118 Å². The summed E-state index contributed by atoms with van der Waals surface area (Å²) in [5.41, 5.74) is 0. The lowest BCUT2D eigenvalue weighted by Gasteiger charge is -2.22. The van der Waals surface area contributed by atoms with Gasteiger partial charge in [-0.15, -0.1) is 0 Å². The molecule has 0 bridgehead atoms. The number of hydrogen-bond donors (Lipinski definition) is 2. The normalized spacial score (nSPS) is 22.8. The highest BCUT2D eigenvalue weighted by atomic mass is 32.2. The molecular weight excluding hydrogens is 304 g/mol. The number of nitrogens with one attached hydrogen (secondary N) is 2. The molecule has 1 aromatic heterocycles. The minimum atomic E-state index is -3.82. The van der Waals surface area contributed by atoms with Gasteiger partial charge in [-0.05, 0) is 32.0 Å². The molecule has 7 nitrogen and oxygen atoms in total. The maximum atomic E-state index is 12.1. The molecule has 20 heavy (non-hydrogen) atoms. The standard InChI is InChI=1S/C11H18N2O5S2/c1-12-7-10-4-5-11(18-10)20(16,17)13-9-3-2-6-19(14,15)8-9/h4-5,9,12-13H,2-3,6-8H2,1H3. The van der Waals surface area contributed by atoms with Crippen LogP contribution in [0.25, 0.3) is 0 Å². The van der Waals surface area contributed by atoms with Crippen LogP contribution in [0.15, 0.2) is 21.6 Å². The molecule has 1 aromatic rings. The zero-order chi connectivity index (χ0) is 14.8. The Hall–Kier alpha value is -0.900. The zero-order valence-electron chi connectivity index (χ0n) is 11.1. The van der Waals surface area contributed by atoms with Gasteiger partial charge in [0.2, 0.25) is 5.09 Å². The van der Waals surface area contributed by atoms with Gasteiger partial charge in [0.25, 0.3) is 10.0 Å². The van der Waals surface area contributed by atoms with Crippen LogP contribution in [0.5, 0.6) is 0 Å². The van der Waals surface area contributed by atoms with Crippen molar-refractivity contribution in [2.24, 2.45) is 0 Å². The molecule has 2 N–H and O–H groups in total. The van der Waals surface area contributed by atoms with Crippen molar-refractivity contribution in [1.29, 1.82) is 0 Å². The summed E-state index contributed by atoms with van der Waals surface area (Å²) in [6, 6.07) is 2.35. The number of rotatable bonds is 5. The van der Waals surface area contributed by atoms with E-state index >= 15 is 0 Å². The molecule has 0 aliphatic carbocycles. The van der Waals surface area contributed by atoms with Crippen LogP contribution >= 0.6 is 0 Å². The molecular formula is C11H18N2O5S2. The van der Waals surface area contributed by atoms with E-state index in [9.17, 15) is 16.8 Å². The van der Waals surface area contributed by atoms with Gasteiger partial charge in [-0.2, -0.15) is 0 Å². The van der Waals surface area contributed by atoms with Crippen LogP contribution < -0.4 is 10.0 Å². The van der Waals surface area contributed by atoms with E-state index in [2.05, 4.69) is 10.0 Å². The van der Waals surface area contributed by atoms with Gasteiger partial charge >= 0.3 is 0 Å². The monoisotopic (exact) mass is 322 g/mol. The predicted octanol–water partition coefficient (Wildman–Crippen LogP) is -0.145. The molecule has 1 atom stereocenters. The first kappa shape index (κ1) is 15.5. The van der Waals surface area contributed by atoms with E-state index in [0.29, 0.717) is 25.1 Å². The summed E-state index contributed by atoms with van der Waals surface area (Å²) < 4.78 is 54.9. The lowest BCUT2D eigenvalue weighted by Crippen LogP contribution is -2.43. The van der Waals surface area contributed by atoms with E-state index in [-0.39, 0.29) is 16.6 Å². The van der Waals surface area contributed by atoms with Crippen LogP contribution in [0, 0.1) is 0 Å². The van der Waals surface area contributed by atoms with Gasteiger partial charge in [0, 0.05) is 6.04 Å². The van der Waals surface area contributed by atoms with Crippen molar-refractivity contribution in [3.63, 3.8) is 0 Å². The average Bonchev–Trinajstić information content (AvgIpc) is 2.77. The third kappa shape index (κ3) is 3.81. The van der Waals surface area contributed by atoms with Gasteiger partial charge in [0.1, 0.15) is 5.76 Å². The molecule has 1 unspecified atom stereocenters. The molecule has 9 heteroatoms. The van der Waals surface area contributed by atoms with Crippen LogP contribution in [-0.2, 0) is 26.4 Å². The number of furan rings is 1. The predicted molar refractivity (Wildman–Crippen MR) is 73.5 cm³/mol. The molecule has 1 aliphatic rings. The fourth-order valence-electron chi connectivity index (χ4n) is 2.17. The average molecular weight is 322 g/mol. The lowest BCUT2D eigenvalue weighted by atomic mass is 10.2. The first-order valence-corrected chi connectivity index (χ1v) is 9.59. The van der Waals surface area contributed by atoms with E-state index < -0.39 is 25.9 Å². The molecule has 1 fully saturated rings. The third-order valence-corrected chi connectivity index (χ3v) is 6.25. The van der Waals surface area contributed by atoms with Crippen molar-refractivity contribution in [1.82, 2.24) is 10.0 Å². The lowest BCUT2D eigenvalue weighted by molar-refractivity contribution is 0.401. The van der Waals surface area contributed by atoms with Crippen LogP contribution in [0.2, 0.25) is 0 Å². The van der Waals surface area contributed by atoms with Gasteiger partial charge in [0.15, 0.2) is 9.84 Å². The molecule has 2 rings (SSSR count). The third-order valence-electron chi connectivity index (χ3n) is 3.04. The van der Waals surface area contributed by atoms with Crippen LogP contribution in [-0.4, -0.2) is 41.4 Å². The minimum absolute atomic E-state index is 0.123. The topological polar surface area (TPSA) is 105 Å². The largest absolute Gasteiger partial charge is 0.447 e. The molecule has 1 saturated heterocycles. The molecule has 0 amide bonds. The summed E-state index contributed by atoms with van der Waals surface area (Å²) in [5, 5.41) is 2.66. The van der Waals surface area contributed by atoms with Crippen molar-refractivity contribution in [3.8, 4) is 0 Å². The molecule has 2 heterocycles. The molecule has 0 saturated carbocycles. The highest BCUT2D eigenvalue weighted by molar-refractivity contribution is 7.91. The Morgan fingerprint density at radius 2 is 2.15 bits per heavy atom. The summed E-state index contributed by atoms with van der Waals surface area (Å²) in [7, 11) is -5.25. The molecule has 114 valence electrons. The fraction of sp³-hybridized carbons (Fsp3) is 0.636. The Kier molecular flexibility index (Phi) is 4.52. The quantitative estimate of drug-likeness (QED) is 0.781. The van der Waals surface area contributed by atoms with E-state index in [1.54, 1.807) is 13.1 Å². The number of sulfone groups is 1. The zero-order valence-corrected chi connectivity index (χ0v) is 12.8. The van der Waals surface area contributed by atoms with Crippen LogP contribution in [0.4, 0.5) is 0 Å². The fourth-order valence-corrected chi connectivity index (χ4v) is 5.13. The Morgan fingerprint density at radius 3 is 2.80 bits per heavy atom. The molecule has 0 aromatic carbocycles. The van der Waals surface area contributed by atoms with E-state index in [0.717, 1.165) is 0 Å². The first-order valence-electron chi connectivity index (χ1n) is 6.28. The van der Waals surface area contributed by atoms with Crippen molar-refractivity contribution in [2.45, 2.75) is 30.5 Å². The van der Waals surface area contributed by atoms with E-state index in [1.807, 2.05) is 0 Å². The maximum Gasteiger partial charge on any atom is 0.274 e. The van der Waals surface area contributed by atoms with Crippen molar-refractivity contribution in [3.05, 3.63) is 17.9 Å². The Bertz CT molecular complexity index is 663. The minimum Gasteiger partial charge on any atom is -0.447 e. The summed E-state index contributed by atoms with van der Waals surface area (Å²) in [5.74, 6) is 0.471. The maximum absolute atomic E-state index is 12.1. The van der Waals surface area contributed by atoms with Gasteiger partial charge in [-0.1, -0.05) is 0 Å². The SMILES string of the molecule is CNCc1ccc(S(=O)(=O)NC2CCCS(=O)(=O)C2)o1. The molecule has 1 aliphatic heterocycles. The van der Waals surface area contributed by atoms with Gasteiger partial charge in [0.05, 0.1) is 18.1 Å². The second-order valence-corrected chi connectivity index (χ2v) is 8.70. The van der Waals surface area contributed by atoms with E-state index in [1.165, 1.54) is 6.07 Å². The Balaban J connectivity index is 2.10. The van der Waals surface area contributed by atoms with Gasteiger partial charge in [-0.25, -0.2) is 21.6 Å². The van der Waals surface area contributed by atoms with Gasteiger partial charge < -0.3 is 9.73 Å². The number of hydrogen-bond acceptors (Lipinski definition) is 6. The molecule has 0 radical (unpaired) electrons. The van der Waals surface area contributed by atoms with Crippen LogP contribution in [0.3, 0.4) is 0 Å². The van der Waals surface area contributed by atoms with Crippen molar-refractivity contribution >= 4 is 19.9 Å². The summed E-state index contributed by atoms with van der Waals surface area (Å²) in [4.78, 5) is 0. The van der Waals surface area contributed by atoms with Crippen molar-refractivity contribution in [2.75, 3.05) is 18.6 Å². The Morgan fingerprint density at radius 1 is 1.40 bits per heavy atom. The van der Waals surface area contributed by atoms with Crippen molar-refractivity contribution < 1.29 is 21.3 Å². The second-order valence-electron chi connectivity index (χ2n) is 4.83. The summed E-state index contributed by atoms with van der Waals surface area (Å²) in [6.07, 6.45) is 0.987. The van der Waals surface area contributed by atoms with Gasteiger partial charge in [-0.3, -0.25) is 0 Å². The highest BCUT2D eigenvalue weighted by Gasteiger charge is 2.30. The van der Waals surface area contributed by atoms with Crippen LogP contribution in [0.1, 0.15) is 18.6 Å². The molecule has 0 spiro atoms. The smallest absolute Gasteiger partial charge is 0.274 e. The second kappa shape index (κ2) is 5.84. The number of sulfonamides is 1. The summed E-state index contributed by atoms with van der Waals surface area (Å²) >= 11 is 0. The van der Waals surface area contributed by atoms with E-state index in [4.69, 9.17) is 4.42 Å².